The van der Waals surface area contributed by atoms with Gasteiger partial charge < -0.3 is 26.5 Å². The lowest BCUT2D eigenvalue weighted by molar-refractivity contribution is -0.150. The van der Waals surface area contributed by atoms with Gasteiger partial charge >= 0.3 is 5.97 Å². The fourth-order valence-corrected chi connectivity index (χ4v) is 6.05. The van der Waals surface area contributed by atoms with Crippen LogP contribution in [0.4, 0.5) is 0 Å². The Morgan fingerprint density at radius 1 is 1.29 bits per heavy atom. The minimum Gasteiger partial charge on any atom is -0.477 e. The van der Waals surface area contributed by atoms with Crippen LogP contribution in [-0.2, 0) is 21.4 Å². The van der Waals surface area contributed by atoms with Gasteiger partial charge in [-0.3, -0.25) is 19.3 Å². The molecule has 2 aliphatic rings. The number of nitrogens with zero attached hydrogens (tertiary/aromatic N) is 4. The smallest absolute Gasteiger partial charge is 0.352 e. The summed E-state index contributed by atoms with van der Waals surface area (Å²) in [4.78, 5) is 50.0. The van der Waals surface area contributed by atoms with Gasteiger partial charge in [-0.1, -0.05) is 42.1 Å². The summed E-state index contributed by atoms with van der Waals surface area (Å²) in [6.45, 7) is 0. The predicted molar refractivity (Wildman–Crippen MR) is 123 cm³/mol. The molecule has 12 nitrogen and oxygen atoms in total. The number of hydrogen-bond donors (Lipinski definition) is 4. The van der Waals surface area contributed by atoms with E-state index >= 15 is 0 Å². The number of thioether (sulfide) groups is 2. The Morgan fingerprint density at radius 2 is 2.00 bits per heavy atom. The fraction of sp³-hybridized carbons (Fsp3) is 0.300. The number of nitrogens with one attached hydrogen (secondary N) is 1. The van der Waals surface area contributed by atoms with Crippen molar-refractivity contribution in [2.75, 3.05) is 11.5 Å². The second-order valence-electron chi connectivity index (χ2n) is 7.56. The van der Waals surface area contributed by atoms with Gasteiger partial charge in [0.05, 0.1) is 0 Å². The summed E-state index contributed by atoms with van der Waals surface area (Å²) in [5.74, 6) is -2.46. The maximum absolute atomic E-state index is 12.8. The number of aromatic nitrogens is 3. The highest BCUT2D eigenvalue weighted by atomic mass is 32.2. The van der Waals surface area contributed by atoms with Crippen molar-refractivity contribution >= 4 is 47.2 Å². The number of β-lactam (4-membered cyclic amide) rings is 1. The Morgan fingerprint density at radius 3 is 2.62 bits per heavy atom. The molecule has 178 valence electrons. The van der Waals surface area contributed by atoms with Crippen LogP contribution < -0.4 is 16.8 Å². The molecule has 1 saturated heterocycles. The van der Waals surface area contributed by atoms with Crippen molar-refractivity contribution in [1.82, 2.24) is 25.0 Å². The number of carboxylic acids is 1. The number of nitrogens with two attached hydrogens (primary N) is 2. The molecule has 2 aromatic rings. The molecule has 3 atom stereocenters. The van der Waals surface area contributed by atoms with Gasteiger partial charge in [0.15, 0.2) is 5.16 Å². The first-order valence-electron chi connectivity index (χ1n) is 10.0. The summed E-state index contributed by atoms with van der Waals surface area (Å²) < 4.78 is 1.42. The van der Waals surface area contributed by atoms with Crippen LogP contribution in [0.1, 0.15) is 22.2 Å². The van der Waals surface area contributed by atoms with Crippen LogP contribution in [0.25, 0.3) is 0 Å². The normalized spacial score (nSPS) is 20.4. The van der Waals surface area contributed by atoms with Gasteiger partial charge in [0.25, 0.3) is 11.8 Å². The fourth-order valence-electron chi connectivity index (χ4n) is 3.66. The van der Waals surface area contributed by atoms with Crippen LogP contribution in [0.5, 0.6) is 0 Å². The van der Waals surface area contributed by atoms with E-state index in [2.05, 4.69) is 15.5 Å². The van der Waals surface area contributed by atoms with Crippen molar-refractivity contribution < 1.29 is 24.3 Å². The molecule has 1 aromatic heterocycles. The van der Waals surface area contributed by atoms with Crippen LogP contribution in [0.3, 0.4) is 0 Å². The molecule has 6 N–H and O–H groups in total. The number of amides is 3. The third-order valence-corrected chi connectivity index (χ3v) is 7.87. The third kappa shape index (κ3) is 4.26. The average Bonchev–Trinajstić information content (AvgIpc) is 3.20. The first-order valence-corrected chi connectivity index (χ1v) is 12.1. The Labute approximate surface area is 202 Å². The molecule has 1 unspecified atom stereocenters. The van der Waals surface area contributed by atoms with Gasteiger partial charge in [-0.25, -0.2) is 4.79 Å². The van der Waals surface area contributed by atoms with Crippen LogP contribution in [0.2, 0.25) is 0 Å². The molecule has 34 heavy (non-hydrogen) atoms. The molecule has 4 rings (SSSR count). The van der Waals surface area contributed by atoms with Crippen LogP contribution >= 0.6 is 23.5 Å². The van der Waals surface area contributed by atoms with Crippen molar-refractivity contribution in [2.24, 2.45) is 18.5 Å². The molecular weight excluding hydrogens is 482 g/mol. The van der Waals surface area contributed by atoms with Crippen molar-refractivity contribution in [3.05, 3.63) is 53.0 Å². The average molecular weight is 504 g/mol. The zero-order chi connectivity index (χ0) is 24.6. The number of carbonyl (C=O) groups excluding carboxylic acids is 3. The summed E-state index contributed by atoms with van der Waals surface area (Å²) in [6.07, 6.45) is 0. The highest BCUT2D eigenvalue weighted by Gasteiger charge is 2.54. The molecular formula is C20H21N7O5S2. The molecule has 0 bridgehead atoms. The maximum Gasteiger partial charge on any atom is 0.352 e. The number of rotatable bonds is 8. The van der Waals surface area contributed by atoms with E-state index in [9.17, 15) is 24.3 Å². The molecule has 0 radical (unpaired) electrons. The van der Waals surface area contributed by atoms with E-state index in [4.69, 9.17) is 11.5 Å². The Kier molecular flexibility index (Phi) is 6.63. The van der Waals surface area contributed by atoms with Crippen molar-refractivity contribution in [2.45, 2.75) is 22.6 Å². The Bertz CT molecular complexity index is 1200. The lowest BCUT2D eigenvalue weighted by atomic mass is 10.0. The number of hydrogen-bond acceptors (Lipinski definition) is 9. The van der Waals surface area contributed by atoms with Crippen LogP contribution in [0, 0.1) is 0 Å². The maximum atomic E-state index is 12.8. The summed E-state index contributed by atoms with van der Waals surface area (Å²) in [7, 11) is 1.58. The largest absolute Gasteiger partial charge is 0.477 e. The van der Waals surface area contributed by atoms with E-state index in [0.29, 0.717) is 22.0 Å². The summed E-state index contributed by atoms with van der Waals surface area (Å²) in [5, 5.41) is 19.9. The lowest BCUT2D eigenvalue weighted by Gasteiger charge is -2.49. The van der Waals surface area contributed by atoms with Crippen molar-refractivity contribution in [1.29, 1.82) is 0 Å². The molecule has 14 heteroatoms. The summed E-state index contributed by atoms with van der Waals surface area (Å²) in [6, 6.07) is 6.93. The number of carboxylic acid groups (broad SMARTS) is 1. The second-order valence-corrected chi connectivity index (χ2v) is 9.61. The molecule has 1 fully saturated rings. The predicted octanol–water partition coefficient (Wildman–Crippen LogP) is -0.555. The number of primary amides is 1. The number of benzene rings is 1. The van der Waals surface area contributed by atoms with Gasteiger partial charge in [-0.2, -0.15) is 0 Å². The standard InChI is InChI=1S/C20H21N7O5S2/c1-26-15(14(22)28)24-25-20(26)34-8-10-7-33-18-12(17(30)27(18)13(10)19(31)32)23-16(29)11(21)9-5-3-2-4-6-9/h2-6,11-12,18H,7-8,21H2,1H3,(H2,22,28)(H,23,29)(H,31,32)/t11-,12?,18-/m1/s1. The molecule has 0 aliphatic carbocycles. The minimum atomic E-state index is -1.24. The number of carbonyl (C=O) groups is 4. The van der Waals surface area contributed by atoms with Gasteiger partial charge in [0.1, 0.15) is 23.2 Å². The quantitative estimate of drug-likeness (QED) is 0.269. The second kappa shape index (κ2) is 9.48. The van der Waals surface area contributed by atoms with Gasteiger partial charge in [0, 0.05) is 18.6 Å². The molecule has 3 heterocycles. The highest BCUT2D eigenvalue weighted by molar-refractivity contribution is 8.01. The summed E-state index contributed by atoms with van der Waals surface area (Å²) >= 11 is 2.53. The van der Waals surface area contributed by atoms with E-state index in [0.717, 1.165) is 0 Å². The zero-order valence-electron chi connectivity index (χ0n) is 17.9. The zero-order valence-corrected chi connectivity index (χ0v) is 19.5. The molecule has 0 spiro atoms. The van der Waals surface area contributed by atoms with E-state index in [1.165, 1.54) is 33.0 Å². The molecule has 2 aliphatic heterocycles. The van der Waals surface area contributed by atoms with Crippen molar-refractivity contribution in [3.8, 4) is 0 Å². The Hall–Kier alpha value is -3.36. The molecule has 1 aromatic carbocycles. The van der Waals surface area contributed by atoms with Gasteiger partial charge in [0.2, 0.25) is 11.7 Å². The van der Waals surface area contributed by atoms with Gasteiger partial charge in [-0.05, 0) is 11.1 Å². The third-order valence-electron chi connectivity index (χ3n) is 5.42. The first-order chi connectivity index (χ1) is 16.2. The number of aliphatic carboxylic acids is 1. The monoisotopic (exact) mass is 503 g/mol. The minimum absolute atomic E-state index is 0.0155. The lowest BCUT2D eigenvalue weighted by Crippen LogP contribution is -2.71. The molecule has 0 saturated carbocycles. The highest BCUT2D eigenvalue weighted by Crippen LogP contribution is 2.41. The molecule has 3 amide bonds. The summed E-state index contributed by atoms with van der Waals surface area (Å²) in [5.41, 5.74) is 12.3. The SMILES string of the molecule is Cn1c(SCC2=C(C(=O)O)N3C(=O)C(NC(=O)[C@H](N)c4ccccc4)[C@H]3SC2)nnc1C(N)=O. The van der Waals surface area contributed by atoms with Gasteiger partial charge in [-0.15, -0.1) is 22.0 Å². The topological polar surface area (TPSA) is 187 Å². The number of fused-ring (bicyclic) bond motifs is 1. The van der Waals surface area contributed by atoms with E-state index in [-0.39, 0.29) is 17.3 Å². The van der Waals surface area contributed by atoms with E-state index < -0.39 is 41.1 Å². The van der Waals surface area contributed by atoms with E-state index in [1.54, 1.807) is 37.4 Å². The first kappa shape index (κ1) is 23.8. The Balaban J connectivity index is 1.46. The van der Waals surface area contributed by atoms with Crippen LogP contribution in [0.15, 0.2) is 46.8 Å². The van der Waals surface area contributed by atoms with E-state index in [1.807, 2.05) is 0 Å². The van der Waals surface area contributed by atoms with Crippen molar-refractivity contribution in [3.63, 3.8) is 0 Å². The van der Waals surface area contributed by atoms with Crippen LogP contribution in [-0.4, -0.2) is 71.4 Å².